The molecule has 44 heavy (non-hydrogen) atoms. The summed E-state index contributed by atoms with van der Waals surface area (Å²) in [5, 5.41) is 10.6. The summed E-state index contributed by atoms with van der Waals surface area (Å²) in [7, 11) is 6.48. The van der Waals surface area contributed by atoms with Gasteiger partial charge in [-0.2, -0.15) is 0 Å². The number of hydrogen-bond donors (Lipinski definition) is 1. The Hall–Kier alpha value is -3.43. The second-order valence-corrected chi connectivity index (χ2v) is 13.7. The van der Waals surface area contributed by atoms with Crippen LogP contribution in [0, 0.1) is 5.92 Å². The van der Waals surface area contributed by atoms with E-state index in [4.69, 9.17) is 4.74 Å². The van der Waals surface area contributed by atoms with Gasteiger partial charge in [-0.15, -0.1) is 0 Å². The highest BCUT2D eigenvalue weighted by molar-refractivity contribution is 5.98. The van der Waals surface area contributed by atoms with Gasteiger partial charge in [0.05, 0.1) is 46.8 Å². The van der Waals surface area contributed by atoms with Crippen molar-refractivity contribution in [2.45, 2.75) is 57.5 Å². The van der Waals surface area contributed by atoms with Crippen LogP contribution in [0.3, 0.4) is 0 Å². The van der Waals surface area contributed by atoms with Gasteiger partial charge in [0.2, 0.25) is 5.91 Å². The molecule has 9 heteroatoms. The van der Waals surface area contributed by atoms with E-state index in [0.717, 1.165) is 64.7 Å². The molecule has 3 unspecified atom stereocenters. The molecule has 0 bridgehead atoms. The van der Waals surface area contributed by atoms with Crippen LogP contribution in [0.1, 0.15) is 65.6 Å². The summed E-state index contributed by atoms with van der Waals surface area (Å²) in [6.45, 7) is 6.80. The first-order valence-corrected chi connectivity index (χ1v) is 16.2. The number of carbonyl (C=O) groups excluding carboxylic acids is 2. The fraction of sp³-hybridized carbons (Fsp3) is 0.571. The van der Waals surface area contributed by atoms with E-state index in [2.05, 4.69) is 39.0 Å². The first-order valence-electron chi connectivity index (χ1n) is 16.2. The fourth-order valence-electron chi connectivity index (χ4n) is 7.13. The lowest BCUT2D eigenvalue weighted by Gasteiger charge is -2.31. The van der Waals surface area contributed by atoms with Gasteiger partial charge in [-0.25, -0.2) is 0 Å². The Kier molecular flexibility index (Phi) is 9.95. The Morgan fingerprint density at radius 3 is 2.57 bits per heavy atom. The number of unbranched alkanes of at least 4 members (excludes halogenated alkanes) is 1. The largest absolute Gasteiger partial charge is 0.493 e. The van der Waals surface area contributed by atoms with Gasteiger partial charge in [-0.1, -0.05) is 43.7 Å². The number of carboxylic acid groups (broad SMARTS) is 1. The Morgan fingerprint density at radius 1 is 1.07 bits per heavy atom. The molecule has 5 rings (SSSR count). The maximum Gasteiger partial charge on any atom is 0.308 e. The van der Waals surface area contributed by atoms with Gasteiger partial charge in [-0.05, 0) is 41.7 Å². The van der Waals surface area contributed by atoms with Crippen molar-refractivity contribution in [2.75, 3.05) is 67.0 Å². The predicted molar refractivity (Wildman–Crippen MR) is 170 cm³/mol. The number of carbonyl (C=O) groups is 3. The summed E-state index contributed by atoms with van der Waals surface area (Å²) in [4.78, 5) is 45.9. The van der Waals surface area contributed by atoms with Crippen molar-refractivity contribution in [2.24, 2.45) is 5.92 Å². The third-order valence-electron chi connectivity index (χ3n) is 9.50. The highest BCUT2D eigenvalue weighted by atomic mass is 16.5. The van der Waals surface area contributed by atoms with Crippen molar-refractivity contribution in [1.29, 1.82) is 0 Å². The molecular weight excluding hydrogens is 556 g/mol. The number of fused-ring (bicyclic) bond motifs is 2. The zero-order chi connectivity index (χ0) is 31.4. The number of nitrogens with zero attached hydrogens (tertiary/aromatic N) is 4. The number of ether oxygens (including phenoxy) is 1. The number of benzene rings is 2. The van der Waals surface area contributed by atoms with Crippen molar-refractivity contribution < 1.29 is 28.7 Å². The van der Waals surface area contributed by atoms with Crippen LogP contribution in [0.25, 0.3) is 0 Å². The minimum Gasteiger partial charge on any atom is -0.493 e. The number of amides is 2. The highest BCUT2D eigenvalue weighted by Gasteiger charge is 2.47. The molecule has 0 aliphatic carbocycles. The average molecular weight is 606 g/mol. The van der Waals surface area contributed by atoms with Crippen molar-refractivity contribution >= 4 is 17.8 Å². The standard InChI is InChI=1S/C35H48N4O5/c1-5-6-16-36(17-9-19-39(2,3)4)32(40)24-38-23-29(25-12-13-31-26(21-25)15-20-44-31)33(35(42)43)30(38)14-18-37-22-27-10-7-8-11-28(27)34(37)41/h7-8,10-13,21,29-30,33H,5-6,9,14-20,22-24H2,1-4H3/p+1. The molecule has 0 radical (unpaired) electrons. The van der Waals surface area contributed by atoms with E-state index in [-0.39, 0.29) is 30.3 Å². The molecule has 9 nitrogen and oxygen atoms in total. The Labute approximate surface area is 262 Å². The van der Waals surface area contributed by atoms with Gasteiger partial charge >= 0.3 is 5.97 Å². The SMILES string of the molecule is CCCCN(CCC[N+](C)(C)C)C(=O)CN1CC(c2ccc3c(c2)CCO3)C(C(=O)O)C1CCN1Cc2ccccc2C1=O. The molecule has 2 amide bonds. The first kappa shape index (κ1) is 32.0. The van der Waals surface area contributed by atoms with E-state index >= 15 is 0 Å². The zero-order valence-corrected chi connectivity index (χ0v) is 26.8. The molecule has 1 N–H and O–H groups in total. The molecule has 0 aromatic heterocycles. The van der Waals surface area contributed by atoms with E-state index < -0.39 is 11.9 Å². The Balaban J connectivity index is 1.37. The van der Waals surface area contributed by atoms with E-state index in [9.17, 15) is 19.5 Å². The lowest BCUT2D eigenvalue weighted by Crippen LogP contribution is -2.46. The van der Waals surface area contributed by atoms with Crippen molar-refractivity contribution in [3.05, 3.63) is 64.7 Å². The maximum absolute atomic E-state index is 13.9. The van der Waals surface area contributed by atoms with Gasteiger partial charge in [0, 0.05) is 63.1 Å². The molecule has 238 valence electrons. The van der Waals surface area contributed by atoms with Crippen LogP contribution < -0.4 is 4.74 Å². The molecule has 0 spiro atoms. The second-order valence-electron chi connectivity index (χ2n) is 13.7. The molecule has 3 aliphatic heterocycles. The van der Waals surface area contributed by atoms with Crippen LogP contribution in [0.5, 0.6) is 5.75 Å². The number of aliphatic carboxylic acids is 1. The monoisotopic (exact) mass is 605 g/mol. The van der Waals surface area contributed by atoms with Crippen LogP contribution >= 0.6 is 0 Å². The van der Waals surface area contributed by atoms with Gasteiger partial charge in [0.25, 0.3) is 5.91 Å². The first-order chi connectivity index (χ1) is 21.1. The molecule has 0 saturated carbocycles. The minimum atomic E-state index is -0.853. The zero-order valence-electron chi connectivity index (χ0n) is 26.8. The summed E-state index contributed by atoms with van der Waals surface area (Å²) in [5.41, 5.74) is 3.82. The second kappa shape index (κ2) is 13.7. The third kappa shape index (κ3) is 7.26. The summed E-state index contributed by atoms with van der Waals surface area (Å²) in [5.74, 6) is -0.883. The van der Waals surface area contributed by atoms with E-state index in [1.807, 2.05) is 46.2 Å². The summed E-state index contributed by atoms with van der Waals surface area (Å²) in [6, 6.07) is 13.3. The van der Waals surface area contributed by atoms with E-state index in [1.165, 1.54) is 0 Å². The predicted octanol–water partition coefficient (Wildman–Crippen LogP) is 3.86. The van der Waals surface area contributed by atoms with Crippen LogP contribution in [-0.2, 0) is 22.6 Å². The minimum absolute atomic E-state index is 0.00809. The quantitative estimate of drug-likeness (QED) is 0.329. The van der Waals surface area contributed by atoms with Crippen molar-refractivity contribution in [3.8, 4) is 5.75 Å². The van der Waals surface area contributed by atoms with Gasteiger partial charge in [0.1, 0.15) is 5.75 Å². The smallest absolute Gasteiger partial charge is 0.308 e. The van der Waals surface area contributed by atoms with Gasteiger partial charge in [0.15, 0.2) is 0 Å². The average Bonchev–Trinajstić information content (AvgIpc) is 3.68. The number of rotatable bonds is 14. The molecular formula is C35H49N4O5+. The topological polar surface area (TPSA) is 90.4 Å². The molecule has 1 fully saturated rings. The molecule has 1 saturated heterocycles. The van der Waals surface area contributed by atoms with Crippen LogP contribution in [-0.4, -0.2) is 115 Å². The normalized spacial score (nSPS) is 21.3. The lowest BCUT2D eigenvalue weighted by atomic mass is 9.83. The summed E-state index contributed by atoms with van der Waals surface area (Å²) >= 11 is 0. The summed E-state index contributed by atoms with van der Waals surface area (Å²) < 4.78 is 6.56. The van der Waals surface area contributed by atoms with E-state index in [0.29, 0.717) is 45.8 Å². The van der Waals surface area contributed by atoms with Crippen LogP contribution in [0.4, 0.5) is 0 Å². The number of likely N-dealkylation sites (tertiary alicyclic amines) is 1. The Bertz CT molecular complexity index is 1350. The molecule has 3 heterocycles. The molecule has 2 aromatic carbocycles. The number of hydrogen-bond acceptors (Lipinski definition) is 5. The number of carboxylic acids is 1. The van der Waals surface area contributed by atoms with Crippen molar-refractivity contribution in [1.82, 2.24) is 14.7 Å². The number of quaternary nitrogens is 1. The fourth-order valence-corrected chi connectivity index (χ4v) is 7.13. The lowest BCUT2D eigenvalue weighted by molar-refractivity contribution is -0.870. The van der Waals surface area contributed by atoms with Gasteiger partial charge < -0.3 is 24.1 Å². The highest BCUT2D eigenvalue weighted by Crippen LogP contribution is 2.41. The van der Waals surface area contributed by atoms with E-state index in [1.54, 1.807) is 0 Å². The Morgan fingerprint density at radius 2 is 1.84 bits per heavy atom. The maximum atomic E-state index is 13.9. The molecule has 3 aliphatic rings. The summed E-state index contributed by atoms with van der Waals surface area (Å²) in [6.07, 6.45) is 4.16. The third-order valence-corrected chi connectivity index (χ3v) is 9.50. The molecule has 2 aromatic rings. The van der Waals surface area contributed by atoms with Gasteiger partial charge in [-0.3, -0.25) is 19.3 Å². The molecule has 3 atom stereocenters. The van der Waals surface area contributed by atoms with Crippen LogP contribution in [0.2, 0.25) is 0 Å². The van der Waals surface area contributed by atoms with Crippen molar-refractivity contribution in [3.63, 3.8) is 0 Å². The van der Waals surface area contributed by atoms with Crippen LogP contribution in [0.15, 0.2) is 42.5 Å².